The average Bonchev–Trinajstić information content (AvgIpc) is 2.91. The van der Waals surface area contributed by atoms with Gasteiger partial charge in [0, 0.05) is 11.1 Å². The summed E-state index contributed by atoms with van der Waals surface area (Å²) in [6, 6.07) is 7.47. The fourth-order valence-corrected chi connectivity index (χ4v) is 1.68. The lowest BCUT2D eigenvalue weighted by Crippen LogP contribution is -2.04. The maximum Gasteiger partial charge on any atom is 0.225 e. The van der Waals surface area contributed by atoms with E-state index in [0.29, 0.717) is 11.6 Å². The van der Waals surface area contributed by atoms with Crippen molar-refractivity contribution >= 4 is 11.9 Å². The highest BCUT2D eigenvalue weighted by Gasteiger charge is 2.06. The molecule has 94 valence electrons. The molecule has 1 aromatic carbocycles. The molecule has 0 radical (unpaired) electrons. The number of hydrogen-bond acceptors (Lipinski definition) is 7. The van der Waals surface area contributed by atoms with Crippen LogP contribution in [-0.4, -0.2) is 19.9 Å². The number of nitrogens with two attached hydrogens (primary N) is 2. The number of nitrogen functional groups attached to an aromatic ring is 2. The van der Waals surface area contributed by atoms with Crippen molar-refractivity contribution in [2.45, 2.75) is 0 Å². The Morgan fingerprint density at radius 2 is 1.47 bits per heavy atom. The fourth-order valence-electron chi connectivity index (χ4n) is 1.68. The molecule has 2 heterocycles. The van der Waals surface area contributed by atoms with Gasteiger partial charge < -0.3 is 15.9 Å². The van der Waals surface area contributed by atoms with Crippen molar-refractivity contribution in [1.82, 2.24) is 19.9 Å². The van der Waals surface area contributed by atoms with Crippen LogP contribution in [0.1, 0.15) is 0 Å². The first-order valence-corrected chi connectivity index (χ1v) is 5.49. The Bertz CT molecular complexity index is 672. The van der Waals surface area contributed by atoms with Crippen molar-refractivity contribution in [2.75, 3.05) is 11.5 Å². The third-order valence-corrected chi connectivity index (χ3v) is 2.53. The Labute approximate surface area is 108 Å². The van der Waals surface area contributed by atoms with Crippen LogP contribution in [-0.2, 0) is 0 Å². The molecule has 7 nitrogen and oxygen atoms in total. The van der Waals surface area contributed by atoms with Crippen molar-refractivity contribution in [3.8, 4) is 22.7 Å². The summed E-state index contributed by atoms with van der Waals surface area (Å²) in [6.45, 7) is 0. The van der Waals surface area contributed by atoms with Gasteiger partial charge in [0.25, 0.3) is 0 Å². The van der Waals surface area contributed by atoms with Crippen LogP contribution in [0, 0.1) is 0 Å². The van der Waals surface area contributed by atoms with Gasteiger partial charge in [-0.2, -0.15) is 15.0 Å². The third kappa shape index (κ3) is 2.21. The fraction of sp³-hybridized carbons (Fsp3) is 0. The van der Waals surface area contributed by atoms with E-state index >= 15 is 0 Å². The predicted molar refractivity (Wildman–Crippen MR) is 69.6 cm³/mol. The second-order valence-corrected chi connectivity index (χ2v) is 3.82. The molecule has 3 rings (SSSR count). The first kappa shape index (κ1) is 11.1. The van der Waals surface area contributed by atoms with Crippen molar-refractivity contribution < 1.29 is 4.42 Å². The van der Waals surface area contributed by atoms with Gasteiger partial charge in [-0.15, -0.1) is 0 Å². The summed E-state index contributed by atoms with van der Waals surface area (Å²) in [5.74, 6) is 1.33. The second-order valence-electron chi connectivity index (χ2n) is 3.82. The number of nitrogens with zero attached hydrogens (tertiary/aromatic N) is 4. The minimum Gasteiger partial charge on any atom is -0.444 e. The Balaban J connectivity index is 1.98. The molecule has 3 aromatic rings. The van der Waals surface area contributed by atoms with Crippen LogP contribution in [0.4, 0.5) is 11.9 Å². The highest BCUT2D eigenvalue weighted by Crippen LogP contribution is 2.23. The average molecular weight is 254 g/mol. The topological polar surface area (TPSA) is 117 Å². The van der Waals surface area contributed by atoms with E-state index in [0.717, 1.165) is 11.1 Å². The van der Waals surface area contributed by atoms with Crippen LogP contribution in [0.5, 0.6) is 0 Å². The minimum absolute atomic E-state index is 0.0989. The van der Waals surface area contributed by atoms with Crippen LogP contribution in [0.3, 0.4) is 0 Å². The van der Waals surface area contributed by atoms with Crippen LogP contribution in [0.25, 0.3) is 22.7 Å². The lowest BCUT2D eigenvalue weighted by molar-refractivity contribution is 0.572. The summed E-state index contributed by atoms with van der Waals surface area (Å²) in [4.78, 5) is 15.7. The highest BCUT2D eigenvalue weighted by atomic mass is 16.3. The zero-order chi connectivity index (χ0) is 13.2. The van der Waals surface area contributed by atoms with E-state index in [1.54, 1.807) is 6.20 Å². The number of benzene rings is 1. The molecule has 0 aliphatic rings. The van der Waals surface area contributed by atoms with Crippen LogP contribution >= 0.6 is 0 Å². The molecule has 0 saturated carbocycles. The van der Waals surface area contributed by atoms with E-state index in [1.165, 1.54) is 6.39 Å². The molecule has 2 aromatic heterocycles. The van der Waals surface area contributed by atoms with Crippen LogP contribution in [0.2, 0.25) is 0 Å². The molecule has 7 heteroatoms. The largest absolute Gasteiger partial charge is 0.444 e. The van der Waals surface area contributed by atoms with Crippen molar-refractivity contribution in [3.05, 3.63) is 36.9 Å². The molecule has 0 fully saturated rings. The zero-order valence-corrected chi connectivity index (χ0v) is 9.82. The van der Waals surface area contributed by atoms with Crippen molar-refractivity contribution in [2.24, 2.45) is 0 Å². The van der Waals surface area contributed by atoms with Gasteiger partial charge in [0.15, 0.2) is 18.0 Å². The SMILES string of the molecule is Nc1nc(N)nc(-c2ccc(-c3cnco3)cc2)n1. The van der Waals surface area contributed by atoms with E-state index in [9.17, 15) is 0 Å². The summed E-state index contributed by atoms with van der Waals surface area (Å²) in [5.41, 5.74) is 12.8. The molecule has 0 saturated heterocycles. The summed E-state index contributed by atoms with van der Waals surface area (Å²) < 4.78 is 5.21. The van der Waals surface area contributed by atoms with Gasteiger partial charge in [0.2, 0.25) is 11.9 Å². The molecule has 0 atom stereocenters. The smallest absolute Gasteiger partial charge is 0.225 e. The van der Waals surface area contributed by atoms with Gasteiger partial charge in [-0.05, 0) is 0 Å². The molecule has 0 amide bonds. The maximum absolute atomic E-state index is 5.54. The highest BCUT2D eigenvalue weighted by molar-refractivity contribution is 5.64. The van der Waals surface area contributed by atoms with Gasteiger partial charge in [-0.25, -0.2) is 4.98 Å². The molecule has 0 aliphatic carbocycles. The first-order valence-electron chi connectivity index (χ1n) is 5.49. The zero-order valence-electron chi connectivity index (χ0n) is 9.82. The number of anilines is 2. The molecule has 0 aliphatic heterocycles. The normalized spacial score (nSPS) is 10.5. The van der Waals surface area contributed by atoms with Gasteiger partial charge in [0.05, 0.1) is 6.20 Å². The molecular weight excluding hydrogens is 244 g/mol. The molecule has 0 spiro atoms. The number of hydrogen-bond donors (Lipinski definition) is 2. The third-order valence-electron chi connectivity index (χ3n) is 2.53. The summed E-state index contributed by atoms with van der Waals surface area (Å²) >= 11 is 0. The molecule has 0 bridgehead atoms. The van der Waals surface area contributed by atoms with E-state index < -0.39 is 0 Å². The predicted octanol–water partition coefficient (Wildman–Crippen LogP) is 1.36. The second kappa shape index (κ2) is 4.37. The van der Waals surface area contributed by atoms with Crippen molar-refractivity contribution in [3.63, 3.8) is 0 Å². The quantitative estimate of drug-likeness (QED) is 0.708. The van der Waals surface area contributed by atoms with E-state index in [2.05, 4.69) is 19.9 Å². The van der Waals surface area contributed by atoms with Crippen LogP contribution in [0.15, 0.2) is 41.3 Å². The lowest BCUT2D eigenvalue weighted by atomic mass is 10.1. The number of oxazole rings is 1. The first-order chi connectivity index (χ1) is 9.22. The standard InChI is InChI=1S/C12H10N6O/c13-11-16-10(17-12(14)18-11)8-3-1-7(2-4-8)9-5-15-6-19-9/h1-6H,(H4,13,14,16,17,18). The van der Waals surface area contributed by atoms with Crippen molar-refractivity contribution in [1.29, 1.82) is 0 Å². The number of aromatic nitrogens is 4. The van der Waals surface area contributed by atoms with Gasteiger partial charge in [-0.1, -0.05) is 24.3 Å². The van der Waals surface area contributed by atoms with Gasteiger partial charge in [-0.3, -0.25) is 0 Å². The summed E-state index contributed by atoms with van der Waals surface area (Å²) in [6.07, 6.45) is 3.03. The Morgan fingerprint density at radius 3 is 2.05 bits per heavy atom. The number of rotatable bonds is 2. The molecule has 19 heavy (non-hydrogen) atoms. The van der Waals surface area contributed by atoms with Crippen LogP contribution < -0.4 is 11.5 Å². The Kier molecular flexibility index (Phi) is 2.57. The Morgan fingerprint density at radius 1 is 0.842 bits per heavy atom. The monoisotopic (exact) mass is 254 g/mol. The molecular formula is C12H10N6O. The lowest BCUT2D eigenvalue weighted by Gasteiger charge is -2.03. The van der Waals surface area contributed by atoms with E-state index in [-0.39, 0.29) is 11.9 Å². The Hall–Kier alpha value is -2.96. The molecule has 4 N–H and O–H groups in total. The van der Waals surface area contributed by atoms with E-state index in [4.69, 9.17) is 15.9 Å². The maximum atomic E-state index is 5.54. The van der Waals surface area contributed by atoms with Gasteiger partial charge in [0.1, 0.15) is 0 Å². The summed E-state index contributed by atoms with van der Waals surface area (Å²) in [5, 5.41) is 0. The molecule has 0 unspecified atom stereocenters. The van der Waals surface area contributed by atoms with E-state index in [1.807, 2.05) is 24.3 Å². The minimum atomic E-state index is 0.0989. The van der Waals surface area contributed by atoms with Gasteiger partial charge >= 0.3 is 0 Å². The summed E-state index contributed by atoms with van der Waals surface area (Å²) in [7, 11) is 0.